The molecule has 0 atom stereocenters. The summed E-state index contributed by atoms with van der Waals surface area (Å²) in [5.41, 5.74) is 3.31. The lowest BCUT2D eigenvalue weighted by atomic mass is 10.1. The van der Waals surface area contributed by atoms with Crippen molar-refractivity contribution in [2.75, 3.05) is 11.9 Å². The van der Waals surface area contributed by atoms with Crippen LogP contribution in [-0.2, 0) is 17.9 Å². The van der Waals surface area contributed by atoms with Crippen molar-refractivity contribution in [1.82, 2.24) is 0 Å². The first-order chi connectivity index (χ1) is 14.0. The van der Waals surface area contributed by atoms with E-state index in [1.54, 1.807) is 25.1 Å². The van der Waals surface area contributed by atoms with Gasteiger partial charge in [0.2, 0.25) is 0 Å². The minimum Gasteiger partial charge on any atom is -0.489 e. The van der Waals surface area contributed by atoms with E-state index in [4.69, 9.17) is 32.7 Å². The number of benzene rings is 3. The van der Waals surface area contributed by atoms with E-state index in [1.807, 2.05) is 48.5 Å². The van der Waals surface area contributed by atoms with Gasteiger partial charge in [0, 0.05) is 27.8 Å². The first-order valence-electron chi connectivity index (χ1n) is 9.22. The molecule has 0 radical (unpaired) electrons. The van der Waals surface area contributed by atoms with Gasteiger partial charge in [-0.05, 0) is 67.1 Å². The van der Waals surface area contributed by atoms with Gasteiger partial charge < -0.3 is 14.8 Å². The van der Waals surface area contributed by atoms with Gasteiger partial charge in [-0.2, -0.15) is 0 Å². The molecule has 0 bridgehead atoms. The Kier molecular flexibility index (Phi) is 7.39. The molecule has 6 heteroatoms. The molecule has 150 valence electrons. The number of carbonyl (C=O) groups is 1. The minimum absolute atomic E-state index is 0.328. The molecule has 3 aromatic rings. The molecule has 0 saturated carbocycles. The van der Waals surface area contributed by atoms with Crippen LogP contribution in [0.2, 0.25) is 10.0 Å². The van der Waals surface area contributed by atoms with E-state index in [-0.39, 0.29) is 5.97 Å². The topological polar surface area (TPSA) is 47.6 Å². The Morgan fingerprint density at radius 2 is 1.72 bits per heavy atom. The molecule has 4 nitrogen and oxygen atoms in total. The van der Waals surface area contributed by atoms with Crippen molar-refractivity contribution in [1.29, 1.82) is 0 Å². The van der Waals surface area contributed by atoms with Crippen LogP contribution in [0.1, 0.15) is 28.4 Å². The van der Waals surface area contributed by atoms with Crippen molar-refractivity contribution in [3.05, 3.63) is 93.5 Å². The van der Waals surface area contributed by atoms with E-state index < -0.39 is 0 Å². The van der Waals surface area contributed by atoms with Gasteiger partial charge in [0.25, 0.3) is 0 Å². The Morgan fingerprint density at radius 3 is 2.45 bits per heavy atom. The molecule has 0 unspecified atom stereocenters. The van der Waals surface area contributed by atoms with Crippen LogP contribution in [0.5, 0.6) is 5.75 Å². The molecule has 0 aliphatic carbocycles. The van der Waals surface area contributed by atoms with Crippen LogP contribution in [0, 0.1) is 0 Å². The summed E-state index contributed by atoms with van der Waals surface area (Å²) in [5, 5.41) is 4.63. The molecule has 0 aliphatic heterocycles. The number of carbonyl (C=O) groups excluding carboxylic acids is 1. The van der Waals surface area contributed by atoms with Crippen molar-refractivity contribution >= 4 is 34.9 Å². The predicted octanol–water partition coefficient (Wildman–Crippen LogP) is 6.36. The van der Waals surface area contributed by atoms with Gasteiger partial charge in [0.15, 0.2) is 0 Å². The molecule has 0 aromatic heterocycles. The van der Waals surface area contributed by atoms with E-state index in [0.717, 1.165) is 22.6 Å². The summed E-state index contributed by atoms with van der Waals surface area (Å²) >= 11 is 12.2. The third-order valence-electron chi connectivity index (χ3n) is 4.18. The average molecular weight is 430 g/mol. The Labute approximate surface area is 180 Å². The van der Waals surface area contributed by atoms with Crippen LogP contribution in [0.4, 0.5) is 5.69 Å². The van der Waals surface area contributed by atoms with Gasteiger partial charge in [0.1, 0.15) is 12.4 Å². The third kappa shape index (κ3) is 6.14. The molecular formula is C23H21Cl2NO3. The Morgan fingerprint density at radius 1 is 0.966 bits per heavy atom. The summed E-state index contributed by atoms with van der Waals surface area (Å²) in [4.78, 5) is 11.7. The Bertz CT molecular complexity index is 974. The molecule has 0 aliphatic rings. The fraction of sp³-hybridized carbons (Fsp3) is 0.174. The van der Waals surface area contributed by atoms with E-state index in [9.17, 15) is 4.79 Å². The van der Waals surface area contributed by atoms with Crippen molar-refractivity contribution in [2.45, 2.75) is 20.1 Å². The second-order valence-electron chi connectivity index (χ2n) is 6.32. The SMILES string of the molecule is CCOC(=O)c1ccc(NCc2cc(Cl)ccc2OCc2cccc(Cl)c2)cc1. The number of nitrogens with one attached hydrogen (secondary N) is 1. The number of ether oxygens (including phenoxy) is 2. The van der Waals surface area contributed by atoms with Gasteiger partial charge in [-0.1, -0.05) is 35.3 Å². The maximum Gasteiger partial charge on any atom is 0.338 e. The van der Waals surface area contributed by atoms with Gasteiger partial charge in [-0.3, -0.25) is 0 Å². The van der Waals surface area contributed by atoms with Gasteiger partial charge >= 0.3 is 5.97 Å². The highest BCUT2D eigenvalue weighted by atomic mass is 35.5. The lowest BCUT2D eigenvalue weighted by molar-refractivity contribution is 0.0526. The minimum atomic E-state index is -0.328. The normalized spacial score (nSPS) is 10.4. The van der Waals surface area contributed by atoms with Crippen LogP contribution in [0.25, 0.3) is 0 Å². The summed E-state index contributed by atoms with van der Waals surface area (Å²) in [5.74, 6) is 0.413. The summed E-state index contributed by atoms with van der Waals surface area (Å²) < 4.78 is 11.0. The van der Waals surface area contributed by atoms with Crippen LogP contribution in [0.15, 0.2) is 66.7 Å². The van der Waals surface area contributed by atoms with E-state index >= 15 is 0 Å². The summed E-state index contributed by atoms with van der Waals surface area (Å²) in [6.45, 7) is 3.06. The van der Waals surface area contributed by atoms with Gasteiger partial charge in [-0.25, -0.2) is 4.79 Å². The second kappa shape index (κ2) is 10.2. The van der Waals surface area contributed by atoms with Crippen LogP contribution < -0.4 is 10.1 Å². The zero-order valence-electron chi connectivity index (χ0n) is 16.0. The smallest absolute Gasteiger partial charge is 0.338 e. The zero-order valence-corrected chi connectivity index (χ0v) is 17.5. The molecular weight excluding hydrogens is 409 g/mol. The first kappa shape index (κ1) is 21.0. The van der Waals surface area contributed by atoms with Crippen LogP contribution in [-0.4, -0.2) is 12.6 Å². The monoisotopic (exact) mass is 429 g/mol. The van der Waals surface area contributed by atoms with Gasteiger partial charge in [0.05, 0.1) is 12.2 Å². The predicted molar refractivity (Wildman–Crippen MR) is 117 cm³/mol. The molecule has 29 heavy (non-hydrogen) atoms. The standard InChI is InChI=1S/C23H21Cl2NO3/c1-2-28-23(27)17-6-9-21(10-7-17)26-14-18-13-20(25)8-11-22(18)29-15-16-4-3-5-19(24)12-16/h3-13,26H,2,14-15H2,1H3. The van der Waals surface area contributed by atoms with Crippen LogP contribution in [0.3, 0.4) is 0 Å². The first-order valence-corrected chi connectivity index (χ1v) is 9.97. The number of esters is 1. The number of hydrogen-bond donors (Lipinski definition) is 1. The molecule has 1 N–H and O–H groups in total. The quantitative estimate of drug-likeness (QED) is 0.423. The average Bonchev–Trinajstić information content (AvgIpc) is 2.72. The third-order valence-corrected chi connectivity index (χ3v) is 4.66. The highest BCUT2D eigenvalue weighted by Gasteiger charge is 2.08. The summed E-state index contributed by atoms with van der Waals surface area (Å²) in [6, 6.07) is 20.2. The zero-order chi connectivity index (χ0) is 20.6. The van der Waals surface area contributed by atoms with Crippen molar-refractivity contribution in [3.8, 4) is 5.75 Å². The van der Waals surface area contributed by atoms with Crippen LogP contribution >= 0.6 is 23.2 Å². The Balaban J connectivity index is 1.65. The summed E-state index contributed by atoms with van der Waals surface area (Å²) in [7, 11) is 0. The number of halogens is 2. The maximum atomic E-state index is 11.7. The van der Waals surface area contributed by atoms with Crippen molar-refractivity contribution < 1.29 is 14.3 Å². The van der Waals surface area contributed by atoms with E-state index in [2.05, 4.69) is 5.32 Å². The molecule has 0 amide bonds. The maximum absolute atomic E-state index is 11.7. The highest BCUT2D eigenvalue weighted by Crippen LogP contribution is 2.25. The molecule has 3 aromatic carbocycles. The van der Waals surface area contributed by atoms with E-state index in [1.165, 1.54) is 0 Å². The molecule has 0 saturated heterocycles. The number of hydrogen-bond acceptors (Lipinski definition) is 4. The molecule has 3 rings (SSSR count). The number of anilines is 1. The fourth-order valence-corrected chi connectivity index (χ4v) is 3.16. The van der Waals surface area contributed by atoms with Crippen molar-refractivity contribution in [3.63, 3.8) is 0 Å². The molecule has 0 heterocycles. The van der Waals surface area contributed by atoms with Gasteiger partial charge in [-0.15, -0.1) is 0 Å². The van der Waals surface area contributed by atoms with E-state index in [0.29, 0.717) is 35.4 Å². The molecule has 0 spiro atoms. The second-order valence-corrected chi connectivity index (χ2v) is 7.19. The summed E-state index contributed by atoms with van der Waals surface area (Å²) in [6.07, 6.45) is 0. The lowest BCUT2D eigenvalue weighted by Crippen LogP contribution is -2.06. The van der Waals surface area contributed by atoms with Crippen molar-refractivity contribution in [2.24, 2.45) is 0 Å². The number of rotatable bonds is 8. The molecule has 0 fully saturated rings. The highest BCUT2D eigenvalue weighted by molar-refractivity contribution is 6.30. The lowest BCUT2D eigenvalue weighted by Gasteiger charge is -2.14. The fourth-order valence-electron chi connectivity index (χ4n) is 2.75. The Hall–Kier alpha value is -2.69. The largest absolute Gasteiger partial charge is 0.489 e.